The fourth-order valence-corrected chi connectivity index (χ4v) is 2.26. The number of carbonyl (C=O) groups is 3. The Balaban J connectivity index is 1.61. The average Bonchev–Trinajstić information content (AvgIpc) is 2.83. The topological polar surface area (TPSA) is 63.7 Å². The lowest BCUT2D eigenvalue weighted by molar-refractivity contribution is -0.140. The van der Waals surface area contributed by atoms with E-state index in [-0.39, 0.29) is 0 Å². The normalized spacial score (nSPS) is 13.5. The molecule has 0 saturated carbocycles. The van der Waals surface area contributed by atoms with Crippen LogP contribution in [-0.2, 0) is 9.53 Å². The maximum absolute atomic E-state index is 12.1. The number of imide groups is 1. The third kappa shape index (κ3) is 3.03. The predicted octanol–water partition coefficient (Wildman–Crippen LogP) is 2.50. The van der Waals surface area contributed by atoms with Crippen molar-refractivity contribution < 1.29 is 19.1 Å². The summed E-state index contributed by atoms with van der Waals surface area (Å²) >= 11 is 0. The maximum Gasteiger partial charge on any atom is 0.332 e. The Hall–Kier alpha value is -3.21. The number of ether oxygens (including phenoxy) is 1. The minimum atomic E-state index is -0.620. The highest BCUT2D eigenvalue weighted by molar-refractivity contribution is 6.21. The van der Waals surface area contributed by atoms with Crippen molar-refractivity contribution in [2.45, 2.75) is 0 Å². The van der Waals surface area contributed by atoms with Gasteiger partial charge in [-0.3, -0.25) is 9.59 Å². The summed E-state index contributed by atoms with van der Waals surface area (Å²) in [7, 11) is 0. The fraction of sp³-hybridized carbons (Fsp3) is 0.0556. The molecule has 0 unspecified atom stereocenters. The van der Waals surface area contributed by atoms with Gasteiger partial charge in [0.2, 0.25) is 0 Å². The van der Waals surface area contributed by atoms with Crippen molar-refractivity contribution >= 4 is 23.9 Å². The highest BCUT2D eigenvalue weighted by atomic mass is 16.5. The first-order valence-electron chi connectivity index (χ1n) is 7.02. The van der Waals surface area contributed by atoms with Gasteiger partial charge in [-0.05, 0) is 23.8 Å². The second-order valence-electron chi connectivity index (χ2n) is 4.92. The number of fused-ring (bicyclic) bond motifs is 1. The predicted molar refractivity (Wildman–Crippen MR) is 83.4 cm³/mol. The molecule has 23 heavy (non-hydrogen) atoms. The summed E-state index contributed by atoms with van der Waals surface area (Å²) in [5.41, 5.74) is 1.51. The number of nitrogens with zero attached hydrogens (tertiary/aromatic N) is 1. The van der Waals surface area contributed by atoms with Crippen LogP contribution in [0.4, 0.5) is 0 Å². The van der Waals surface area contributed by atoms with Gasteiger partial charge >= 0.3 is 5.97 Å². The SMILES string of the molecule is O=C(C=Cc1ccccc1)OCN1C(=O)c2ccccc2C1=O. The maximum atomic E-state index is 12.1. The zero-order chi connectivity index (χ0) is 16.2. The molecule has 0 spiro atoms. The van der Waals surface area contributed by atoms with E-state index >= 15 is 0 Å². The summed E-state index contributed by atoms with van der Waals surface area (Å²) in [5, 5.41) is 0. The summed E-state index contributed by atoms with van der Waals surface area (Å²) in [5.74, 6) is -1.53. The Labute approximate surface area is 132 Å². The van der Waals surface area contributed by atoms with Crippen LogP contribution in [0.1, 0.15) is 26.3 Å². The Bertz CT molecular complexity index is 761. The Morgan fingerprint density at radius 3 is 2.09 bits per heavy atom. The zero-order valence-corrected chi connectivity index (χ0v) is 12.1. The standard InChI is InChI=1S/C18H13NO4/c20-16(11-10-13-6-2-1-3-7-13)23-12-19-17(21)14-8-4-5-9-15(14)18(19)22/h1-11H,12H2. The van der Waals surface area contributed by atoms with Gasteiger partial charge in [0.05, 0.1) is 11.1 Å². The van der Waals surface area contributed by atoms with Crippen molar-refractivity contribution in [3.05, 3.63) is 77.4 Å². The number of rotatable bonds is 4. The fourth-order valence-electron chi connectivity index (χ4n) is 2.26. The van der Waals surface area contributed by atoms with Crippen LogP contribution in [0.3, 0.4) is 0 Å². The van der Waals surface area contributed by atoms with E-state index in [0.717, 1.165) is 10.5 Å². The number of amides is 2. The lowest BCUT2D eigenvalue weighted by Crippen LogP contribution is -2.32. The molecule has 5 heteroatoms. The molecule has 0 aromatic heterocycles. The van der Waals surface area contributed by atoms with Gasteiger partial charge in [-0.1, -0.05) is 42.5 Å². The second-order valence-corrected chi connectivity index (χ2v) is 4.92. The van der Waals surface area contributed by atoms with Crippen LogP contribution in [0.25, 0.3) is 6.08 Å². The molecule has 2 aromatic rings. The first-order valence-corrected chi connectivity index (χ1v) is 7.02. The molecule has 2 aromatic carbocycles. The van der Waals surface area contributed by atoms with Crippen molar-refractivity contribution in [2.75, 3.05) is 6.73 Å². The van der Waals surface area contributed by atoms with E-state index in [2.05, 4.69) is 0 Å². The van der Waals surface area contributed by atoms with Gasteiger partial charge in [-0.2, -0.15) is 0 Å². The molecule has 0 fully saturated rings. The average molecular weight is 307 g/mol. The van der Waals surface area contributed by atoms with Crippen molar-refractivity contribution in [1.29, 1.82) is 0 Å². The Kier molecular flexibility index (Phi) is 4.01. The summed E-state index contributed by atoms with van der Waals surface area (Å²) in [4.78, 5) is 36.8. The largest absolute Gasteiger partial charge is 0.441 e. The van der Waals surface area contributed by atoms with Crippen LogP contribution in [0.5, 0.6) is 0 Å². The van der Waals surface area contributed by atoms with Crippen LogP contribution < -0.4 is 0 Å². The van der Waals surface area contributed by atoms with Crippen LogP contribution in [-0.4, -0.2) is 29.4 Å². The lowest BCUT2D eigenvalue weighted by Gasteiger charge is -2.12. The number of hydrogen-bond acceptors (Lipinski definition) is 4. The van der Waals surface area contributed by atoms with Crippen LogP contribution in [0.2, 0.25) is 0 Å². The Morgan fingerprint density at radius 2 is 1.48 bits per heavy atom. The molecule has 1 heterocycles. The van der Waals surface area contributed by atoms with Crippen molar-refractivity contribution in [2.24, 2.45) is 0 Å². The van der Waals surface area contributed by atoms with Crippen molar-refractivity contribution in [3.8, 4) is 0 Å². The second kappa shape index (κ2) is 6.27. The van der Waals surface area contributed by atoms with Crippen molar-refractivity contribution in [1.82, 2.24) is 4.90 Å². The molecule has 1 aliphatic heterocycles. The van der Waals surface area contributed by atoms with Gasteiger partial charge in [0, 0.05) is 6.08 Å². The van der Waals surface area contributed by atoms with E-state index in [1.165, 1.54) is 6.08 Å². The van der Waals surface area contributed by atoms with Crippen LogP contribution in [0.15, 0.2) is 60.7 Å². The van der Waals surface area contributed by atoms with Gasteiger partial charge in [0.15, 0.2) is 6.73 Å². The van der Waals surface area contributed by atoms with E-state index < -0.39 is 24.5 Å². The molecule has 3 rings (SSSR count). The van der Waals surface area contributed by atoms with E-state index in [4.69, 9.17) is 4.74 Å². The summed E-state index contributed by atoms with van der Waals surface area (Å²) in [6, 6.07) is 15.8. The van der Waals surface area contributed by atoms with Gasteiger partial charge < -0.3 is 4.74 Å². The van der Waals surface area contributed by atoms with E-state index in [1.54, 1.807) is 30.3 Å². The molecular weight excluding hydrogens is 294 g/mol. The zero-order valence-electron chi connectivity index (χ0n) is 12.1. The molecular formula is C18H13NO4. The summed E-state index contributed by atoms with van der Waals surface area (Å²) in [6.45, 7) is -0.399. The number of carbonyl (C=O) groups excluding carboxylic acids is 3. The monoisotopic (exact) mass is 307 g/mol. The van der Waals surface area contributed by atoms with Gasteiger partial charge in [-0.25, -0.2) is 9.69 Å². The van der Waals surface area contributed by atoms with Gasteiger partial charge in [-0.15, -0.1) is 0 Å². The van der Waals surface area contributed by atoms with Gasteiger partial charge in [0.1, 0.15) is 0 Å². The number of hydrogen-bond donors (Lipinski definition) is 0. The number of benzene rings is 2. The van der Waals surface area contributed by atoms with Crippen LogP contribution in [0, 0.1) is 0 Å². The molecule has 2 amide bonds. The van der Waals surface area contributed by atoms with Gasteiger partial charge in [0.25, 0.3) is 11.8 Å². The number of esters is 1. The molecule has 114 valence electrons. The van der Waals surface area contributed by atoms with Crippen molar-refractivity contribution in [3.63, 3.8) is 0 Å². The molecule has 1 aliphatic rings. The minimum absolute atomic E-state index is 0.327. The first kappa shape index (κ1) is 14.7. The summed E-state index contributed by atoms with van der Waals surface area (Å²) < 4.78 is 4.98. The molecule has 0 aliphatic carbocycles. The molecule has 0 saturated heterocycles. The molecule has 0 radical (unpaired) electrons. The quantitative estimate of drug-likeness (QED) is 0.494. The van der Waals surface area contributed by atoms with E-state index in [9.17, 15) is 14.4 Å². The highest BCUT2D eigenvalue weighted by Gasteiger charge is 2.35. The third-order valence-electron chi connectivity index (χ3n) is 3.43. The summed E-state index contributed by atoms with van der Waals surface area (Å²) in [6.07, 6.45) is 2.86. The lowest BCUT2D eigenvalue weighted by atomic mass is 10.1. The van der Waals surface area contributed by atoms with E-state index in [0.29, 0.717) is 11.1 Å². The highest BCUT2D eigenvalue weighted by Crippen LogP contribution is 2.22. The minimum Gasteiger partial charge on any atom is -0.441 e. The van der Waals surface area contributed by atoms with Crippen LogP contribution >= 0.6 is 0 Å². The molecule has 0 N–H and O–H groups in total. The third-order valence-corrected chi connectivity index (χ3v) is 3.43. The molecule has 0 atom stereocenters. The van der Waals surface area contributed by atoms with E-state index in [1.807, 2.05) is 30.3 Å². The first-order chi connectivity index (χ1) is 11.2. The molecule has 0 bridgehead atoms. The molecule has 5 nitrogen and oxygen atoms in total. The smallest absolute Gasteiger partial charge is 0.332 e. The Morgan fingerprint density at radius 1 is 0.913 bits per heavy atom.